The van der Waals surface area contributed by atoms with Gasteiger partial charge in [0.25, 0.3) is 5.91 Å². The molecule has 3 unspecified atom stereocenters. The minimum absolute atomic E-state index is 0.0212. The topological polar surface area (TPSA) is 129 Å². The van der Waals surface area contributed by atoms with Crippen molar-refractivity contribution in [3.8, 4) is 11.5 Å². The largest absolute Gasteiger partial charge is 0.495 e. The predicted molar refractivity (Wildman–Crippen MR) is 114 cm³/mol. The lowest BCUT2D eigenvalue weighted by atomic mass is 9.92. The van der Waals surface area contributed by atoms with Crippen molar-refractivity contribution in [2.45, 2.75) is 18.5 Å². The number of nitro groups is 1. The van der Waals surface area contributed by atoms with Crippen LogP contribution in [0.15, 0.2) is 42.5 Å². The van der Waals surface area contributed by atoms with Crippen LogP contribution in [0.3, 0.4) is 0 Å². The number of methoxy groups -OCH3 is 3. The molecule has 11 nitrogen and oxygen atoms in total. The van der Waals surface area contributed by atoms with Crippen LogP contribution in [0, 0.1) is 16.0 Å². The van der Waals surface area contributed by atoms with Crippen molar-refractivity contribution < 1.29 is 33.5 Å². The highest BCUT2D eigenvalue weighted by Crippen LogP contribution is 2.48. The van der Waals surface area contributed by atoms with E-state index >= 15 is 0 Å². The number of hydrogen-bond acceptors (Lipinski definition) is 8. The fourth-order valence-electron chi connectivity index (χ4n) is 4.54. The minimum atomic E-state index is -0.941. The number of anilines is 1. The lowest BCUT2D eigenvalue weighted by Gasteiger charge is -2.27. The van der Waals surface area contributed by atoms with Crippen molar-refractivity contribution in [2.24, 2.45) is 5.92 Å². The molecule has 0 bridgehead atoms. The second-order valence-electron chi connectivity index (χ2n) is 7.55. The zero-order valence-corrected chi connectivity index (χ0v) is 18.1. The van der Waals surface area contributed by atoms with Crippen LogP contribution in [0.1, 0.15) is 18.0 Å². The van der Waals surface area contributed by atoms with Gasteiger partial charge in [-0.3, -0.25) is 19.7 Å². The molecule has 0 aliphatic carbocycles. The summed E-state index contributed by atoms with van der Waals surface area (Å²) in [6.07, 6.45) is 0.0212. The van der Waals surface area contributed by atoms with Crippen molar-refractivity contribution in [1.82, 2.24) is 4.90 Å². The predicted octanol–water partition coefficient (Wildman–Crippen LogP) is 2.68. The van der Waals surface area contributed by atoms with E-state index in [1.807, 2.05) is 0 Å². The summed E-state index contributed by atoms with van der Waals surface area (Å²) in [5, 5.41) is 11.5. The van der Waals surface area contributed by atoms with Crippen molar-refractivity contribution in [3.05, 3.63) is 58.1 Å². The third kappa shape index (κ3) is 3.41. The number of urea groups is 1. The molecule has 0 spiro atoms. The summed E-state index contributed by atoms with van der Waals surface area (Å²) in [6, 6.07) is 8.26. The third-order valence-electron chi connectivity index (χ3n) is 5.98. The molecule has 2 aromatic carbocycles. The number of esters is 1. The van der Waals surface area contributed by atoms with Crippen LogP contribution in [0.5, 0.6) is 11.5 Å². The smallest absolute Gasteiger partial charge is 0.332 e. The van der Waals surface area contributed by atoms with Gasteiger partial charge in [-0.2, -0.15) is 0 Å². The summed E-state index contributed by atoms with van der Waals surface area (Å²) in [5.41, 5.74) is 0.281. The van der Waals surface area contributed by atoms with E-state index in [0.717, 1.165) is 4.90 Å². The molecule has 0 saturated carbocycles. The number of carbonyl (C=O) groups is 3. The summed E-state index contributed by atoms with van der Waals surface area (Å²) >= 11 is 0. The average molecular weight is 455 g/mol. The molecule has 0 N–H and O–H groups in total. The molecule has 2 aromatic rings. The molecule has 4 rings (SSSR count). The minimum Gasteiger partial charge on any atom is -0.495 e. The van der Waals surface area contributed by atoms with Crippen LogP contribution in [0.2, 0.25) is 0 Å². The Kier molecular flexibility index (Phi) is 5.62. The van der Waals surface area contributed by atoms with Crippen LogP contribution in [-0.4, -0.2) is 55.1 Å². The van der Waals surface area contributed by atoms with E-state index in [1.54, 1.807) is 30.3 Å². The fraction of sp³-hybridized carbons (Fsp3) is 0.318. The molecule has 2 fully saturated rings. The van der Waals surface area contributed by atoms with E-state index in [2.05, 4.69) is 0 Å². The van der Waals surface area contributed by atoms with Crippen molar-refractivity contribution in [1.29, 1.82) is 0 Å². The zero-order valence-electron chi connectivity index (χ0n) is 18.1. The van der Waals surface area contributed by atoms with Crippen LogP contribution < -0.4 is 14.4 Å². The first-order valence-corrected chi connectivity index (χ1v) is 10.0. The molecule has 3 amide bonds. The Morgan fingerprint density at radius 3 is 2.39 bits per heavy atom. The number of carbonyl (C=O) groups excluding carboxylic acids is 3. The maximum absolute atomic E-state index is 13.5. The van der Waals surface area contributed by atoms with E-state index in [-0.39, 0.29) is 23.5 Å². The number of imide groups is 1. The number of nitrogens with zero attached hydrogens (tertiary/aromatic N) is 3. The first-order valence-electron chi connectivity index (χ1n) is 10.0. The highest BCUT2D eigenvalue weighted by molar-refractivity contribution is 6.22. The number of benzene rings is 2. The number of amides is 3. The molecule has 2 aliphatic heterocycles. The van der Waals surface area contributed by atoms with Gasteiger partial charge in [0, 0.05) is 6.07 Å². The van der Waals surface area contributed by atoms with E-state index in [0.29, 0.717) is 11.3 Å². The van der Waals surface area contributed by atoms with Gasteiger partial charge in [0.05, 0.1) is 43.9 Å². The summed E-state index contributed by atoms with van der Waals surface area (Å²) in [6.45, 7) is 0. The zero-order chi connectivity index (χ0) is 23.9. The van der Waals surface area contributed by atoms with Gasteiger partial charge in [0.15, 0.2) is 5.75 Å². The fourth-order valence-corrected chi connectivity index (χ4v) is 4.54. The Hall–Kier alpha value is -4.15. The molecule has 3 atom stereocenters. The average Bonchev–Trinajstić information content (AvgIpc) is 3.33. The van der Waals surface area contributed by atoms with E-state index < -0.39 is 40.8 Å². The normalized spacial score (nSPS) is 21.7. The first kappa shape index (κ1) is 22.1. The van der Waals surface area contributed by atoms with Crippen molar-refractivity contribution in [3.63, 3.8) is 0 Å². The number of rotatable bonds is 6. The lowest BCUT2D eigenvalue weighted by molar-refractivity contribution is -0.385. The molecular weight excluding hydrogens is 434 g/mol. The highest BCUT2D eigenvalue weighted by atomic mass is 16.6. The van der Waals surface area contributed by atoms with Crippen molar-refractivity contribution >= 4 is 29.3 Å². The number of fused-ring (bicyclic) bond motifs is 1. The van der Waals surface area contributed by atoms with Crippen LogP contribution in [-0.2, 0) is 14.3 Å². The van der Waals surface area contributed by atoms with Gasteiger partial charge in [-0.25, -0.2) is 9.69 Å². The Labute approximate surface area is 188 Å². The quantitative estimate of drug-likeness (QED) is 0.281. The molecule has 2 heterocycles. The number of hydrogen-bond donors (Lipinski definition) is 0. The molecule has 172 valence electrons. The van der Waals surface area contributed by atoms with Crippen LogP contribution >= 0.6 is 0 Å². The first-order chi connectivity index (χ1) is 15.8. The van der Waals surface area contributed by atoms with Gasteiger partial charge in [0.2, 0.25) is 0 Å². The van der Waals surface area contributed by atoms with E-state index in [4.69, 9.17) is 14.2 Å². The maximum Gasteiger partial charge on any atom is 0.332 e. The second kappa shape index (κ2) is 8.41. The SMILES string of the molecule is COC(=O)C1CC2C(=O)N(c3ccccc3OC)C(=O)N2C1c1ccc(OC)c([N+](=O)[O-])c1. The van der Waals surface area contributed by atoms with Gasteiger partial charge >= 0.3 is 17.7 Å². The molecular formula is C22H21N3O8. The maximum atomic E-state index is 13.5. The molecule has 33 heavy (non-hydrogen) atoms. The Balaban J connectivity index is 1.82. The molecule has 2 aliphatic rings. The summed E-state index contributed by atoms with van der Waals surface area (Å²) < 4.78 is 15.3. The van der Waals surface area contributed by atoms with Gasteiger partial charge < -0.3 is 19.1 Å². The van der Waals surface area contributed by atoms with Gasteiger partial charge in [-0.1, -0.05) is 18.2 Å². The Morgan fingerprint density at radius 1 is 1.06 bits per heavy atom. The lowest BCUT2D eigenvalue weighted by Crippen LogP contribution is -2.37. The number of para-hydroxylation sites is 2. The second-order valence-corrected chi connectivity index (χ2v) is 7.55. The molecule has 0 aromatic heterocycles. The monoisotopic (exact) mass is 455 g/mol. The van der Waals surface area contributed by atoms with E-state index in [1.165, 1.54) is 38.4 Å². The Morgan fingerprint density at radius 2 is 1.76 bits per heavy atom. The highest BCUT2D eigenvalue weighted by Gasteiger charge is 2.59. The van der Waals surface area contributed by atoms with Gasteiger partial charge in [-0.05, 0) is 30.2 Å². The number of ether oxygens (including phenoxy) is 3. The standard InChI is InChI=1S/C22H21N3O8/c1-31-17-7-5-4-6-14(17)24-20(26)16-11-13(21(27)33-3)19(23(16)22(24)28)12-8-9-18(32-2)15(10-12)25(29)30/h4-10,13,16,19H,11H2,1-3H3. The third-order valence-corrected chi connectivity index (χ3v) is 5.98. The Bertz CT molecular complexity index is 1150. The summed E-state index contributed by atoms with van der Waals surface area (Å²) in [7, 11) is 3.94. The van der Waals surface area contributed by atoms with E-state index in [9.17, 15) is 24.5 Å². The summed E-state index contributed by atoms with van der Waals surface area (Å²) in [4.78, 5) is 52.6. The van der Waals surface area contributed by atoms with Crippen LogP contribution in [0.25, 0.3) is 0 Å². The molecule has 11 heteroatoms. The van der Waals surface area contributed by atoms with Crippen molar-refractivity contribution in [2.75, 3.05) is 26.2 Å². The van der Waals surface area contributed by atoms with Gasteiger partial charge in [-0.15, -0.1) is 0 Å². The summed E-state index contributed by atoms with van der Waals surface area (Å²) in [5.74, 6) is -1.63. The molecule has 0 radical (unpaired) electrons. The van der Waals surface area contributed by atoms with Gasteiger partial charge in [0.1, 0.15) is 11.8 Å². The molecule has 2 saturated heterocycles. The number of nitro benzene ring substituents is 1. The van der Waals surface area contributed by atoms with Crippen LogP contribution in [0.4, 0.5) is 16.2 Å².